The molecule has 0 bridgehead atoms. The fourth-order valence-corrected chi connectivity index (χ4v) is 5.07. The molecule has 6 rings (SSSR count). The maximum atomic E-state index is 13.0. The molecule has 4 N–H and O–H groups in total. The molecule has 2 heterocycles. The summed E-state index contributed by atoms with van der Waals surface area (Å²) in [7, 11) is 0. The van der Waals surface area contributed by atoms with E-state index in [1.807, 2.05) is 24.3 Å². The second-order valence-corrected chi connectivity index (χ2v) is 10.2. The van der Waals surface area contributed by atoms with Crippen LogP contribution in [0.3, 0.4) is 0 Å². The second-order valence-electron chi connectivity index (χ2n) is 10.2. The predicted molar refractivity (Wildman–Crippen MR) is 154 cm³/mol. The van der Waals surface area contributed by atoms with Crippen molar-refractivity contribution in [3.05, 3.63) is 94.8 Å². The third kappa shape index (κ3) is 5.80. The summed E-state index contributed by atoms with van der Waals surface area (Å²) >= 11 is 0. The molecule has 4 aromatic rings. The van der Waals surface area contributed by atoms with Crippen LogP contribution < -0.4 is 16.0 Å². The van der Waals surface area contributed by atoms with Crippen molar-refractivity contribution in [3.8, 4) is 11.4 Å². The van der Waals surface area contributed by atoms with Crippen LogP contribution in [0.5, 0.6) is 0 Å². The second kappa shape index (κ2) is 11.4. The number of rotatable bonds is 8. The normalized spacial score (nSPS) is 15.2. The first-order chi connectivity index (χ1) is 19.6. The SMILES string of the molecule is Nc1nc(Cc2ccc(N3CCOCC3)cc2)nc(-c2cccc(NC(=O)c3ccc(C4CC4)cc3)c2CO)n1. The number of morpholine rings is 1. The highest BCUT2D eigenvalue weighted by Gasteiger charge is 2.23. The average molecular weight is 537 g/mol. The quantitative estimate of drug-likeness (QED) is 0.306. The molecular formula is C31H32N6O3. The van der Waals surface area contributed by atoms with Crippen LogP contribution >= 0.6 is 0 Å². The molecule has 2 fully saturated rings. The van der Waals surface area contributed by atoms with Gasteiger partial charge in [0.1, 0.15) is 5.82 Å². The van der Waals surface area contributed by atoms with Gasteiger partial charge in [0, 0.05) is 47.6 Å². The molecular weight excluding hydrogens is 504 g/mol. The van der Waals surface area contributed by atoms with Crippen LogP contribution in [0.4, 0.5) is 17.3 Å². The predicted octanol–water partition coefficient (Wildman–Crippen LogP) is 4.17. The van der Waals surface area contributed by atoms with E-state index in [0.29, 0.717) is 46.4 Å². The van der Waals surface area contributed by atoms with E-state index in [2.05, 4.69) is 49.4 Å². The van der Waals surface area contributed by atoms with Gasteiger partial charge in [-0.3, -0.25) is 4.79 Å². The summed E-state index contributed by atoms with van der Waals surface area (Å²) in [5, 5.41) is 13.2. The minimum Gasteiger partial charge on any atom is -0.392 e. The summed E-state index contributed by atoms with van der Waals surface area (Å²) in [4.78, 5) is 28.7. The summed E-state index contributed by atoms with van der Waals surface area (Å²) in [5.41, 5.74) is 11.7. The number of nitrogens with one attached hydrogen (secondary N) is 1. The zero-order valence-corrected chi connectivity index (χ0v) is 22.2. The number of nitrogens with two attached hydrogens (primary N) is 1. The van der Waals surface area contributed by atoms with Crippen molar-refractivity contribution in [1.29, 1.82) is 0 Å². The van der Waals surface area contributed by atoms with E-state index in [-0.39, 0.29) is 18.5 Å². The minimum atomic E-state index is -0.309. The highest BCUT2D eigenvalue weighted by Crippen LogP contribution is 2.40. The molecule has 0 radical (unpaired) electrons. The molecule has 1 saturated carbocycles. The highest BCUT2D eigenvalue weighted by molar-refractivity contribution is 6.05. The lowest BCUT2D eigenvalue weighted by atomic mass is 10.0. The van der Waals surface area contributed by atoms with Gasteiger partial charge in [0.05, 0.1) is 19.8 Å². The molecule has 1 aliphatic heterocycles. The lowest BCUT2D eigenvalue weighted by Crippen LogP contribution is -2.36. The number of nitrogens with zero attached hydrogens (tertiary/aromatic N) is 4. The van der Waals surface area contributed by atoms with Crippen molar-refractivity contribution in [1.82, 2.24) is 15.0 Å². The Labute approximate surface area is 233 Å². The Hall–Kier alpha value is -4.34. The maximum absolute atomic E-state index is 13.0. The molecule has 0 unspecified atom stereocenters. The number of benzene rings is 3. The van der Waals surface area contributed by atoms with E-state index in [1.165, 1.54) is 18.4 Å². The topological polar surface area (TPSA) is 126 Å². The number of aromatic nitrogens is 3. The van der Waals surface area contributed by atoms with Gasteiger partial charge in [0.2, 0.25) is 5.95 Å². The average Bonchev–Trinajstić information content (AvgIpc) is 3.84. The third-order valence-electron chi connectivity index (χ3n) is 7.42. The molecule has 204 valence electrons. The smallest absolute Gasteiger partial charge is 0.255 e. The van der Waals surface area contributed by atoms with Crippen molar-refractivity contribution in [2.24, 2.45) is 0 Å². The van der Waals surface area contributed by atoms with Crippen molar-refractivity contribution >= 4 is 23.2 Å². The molecule has 1 saturated heterocycles. The number of nitrogen functional groups attached to an aromatic ring is 1. The zero-order valence-electron chi connectivity index (χ0n) is 22.2. The first-order valence-corrected chi connectivity index (χ1v) is 13.6. The van der Waals surface area contributed by atoms with E-state index in [9.17, 15) is 9.90 Å². The van der Waals surface area contributed by atoms with Crippen molar-refractivity contribution < 1.29 is 14.6 Å². The molecule has 40 heavy (non-hydrogen) atoms. The fraction of sp³-hybridized carbons (Fsp3) is 0.290. The first-order valence-electron chi connectivity index (χ1n) is 13.6. The van der Waals surface area contributed by atoms with Crippen LogP contribution in [0, 0.1) is 0 Å². The lowest BCUT2D eigenvalue weighted by Gasteiger charge is -2.28. The van der Waals surface area contributed by atoms with E-state index in [4.69, 9.17) is 10.5 Å². The Morgan fingerprint density at radius 3 is 2.42 bits per heavy atom. The van der Waals surface area contributed by atoms with Gasteiger partial charge >= 0.3 is 0 Å². The molecule has 9 heteroatoms. The molecule has 1 aliphatic carbocycles. The number of amides is 1. The number of aliphatic hydroxyl groups is 1. The number of carbonyl (C=O) groups is 1. The van der Waals surface area contributed by atoms with E-state index < -0.39 is 0 Å². The summed E-state index contributed by atoms with van der Waals surface area (Å²) in [6, 6.07) is 21.4. The number of carbonyl (C=O) groups excluding carboxylic acids is 1. The number of aliphatic hydroxyl groups excluding tert-OH is 1. The monoisotopic (exact) mass is 536 g/mol. The molecule has 1 aromatic heterocycles. The Kier molecular flexibility index (Phi) is 7.39. The standard InChI is InChI=1S/C31H32N6O3/c32-31-35-28(18-20-4-12-24(13-5-20)37-14-16-40-17-15-37)34-29(36-31)25-2-1-3-27(26(25)19-38)33-30(39)23-10-8-22(9-11-23)21-6-7-21/h1-5,8-13,21,38H,6-7,14-19H2,(H,33,39)(H2,32,34,35,36). The molecule has 0 atom stereocenters. The highest BCUT2D eigenvalue weighted by atomic mass is 16.5. The lowest BCUT2D eigenvalue weighted by molar-refractivity contribution is 0.102. The van der Waals surface area contributed by atoms with E-state index in [1.54, 1.807) is 18.2 Å². The Balaban J connectivity index is 1.21. The van der Waals surface area contributed by atoms with Crippen LogP contribution in [0.1, 0.15) is 51.6 Å². The van der Waals surface area contributed by atoms with Crippen molar-refractivity contribution in [2.75, 3.05) is 42.3 Å². The summed E-state index contributed by atoms with van der Waals surface area (Å²) in [5.74, 6) is 1.35. The van der Waals surface area contributed by atoms with Gasteiger partial charge in [-0.05, 0) is 60.2 Å². The Morgan fingerprint density at radius 2 is 1.73 bits per heavy atom. The van der Waals surface area contributed by atoms with Gasteiger partial charge in [-0.2, -0.15) is 9.97 Å². The number of hydrogen-bond donors (Lipinski definition) is 3. The van der Waals surface area contributed by atoms with Crippen LogP contribution in [-0.2, 0) is 17.8 Å². The minimum absolute atomic E-state index is 0.0963. The fourth-order valence-electron chi connectivity index (χ4n) is 5.07. The molecule has 0 spiro atoms. The third-order valence-corrected chi connectivity index (χ3v) is 7.42. The van der Waals surface area contributed by atoms with Crippen molar-refractivity contribution in [3.63, 3.8) is 0 Å². The summed E-state index contributed by atoms with van der Waals surface area (Å²) in [6.45, 7) is 2.93. The number of ether oxygens (including phenoxy) is 1. The van der Waals surface area contributed by atoms with Crippen molar-refractivity contribution in [2.45, 2.75) is 31.8 Å². The van der Waals surface area contributed by atoms with Crippen LogP contribution in [-0.4, -0.2) is 52.3 Å². The molecule has 2 aliphatic rings. The van der Waals surface area contributed by atoms with Gasteiger partial charge in [-0.1, -0.05) is 36.4 Å². The van der Waals surface area contributed by atoms with Crippen LogP contribution in [0.15, 0.2) is 66.7 Å². The molecule has 1 amide bonds. The van der Waals surface area contributed by atoms with Gasteiger partial charge in [0.25, 0.3) is 5.91 Å². The Morgan fingerprint density at radius 1 is 0.975 bits per heavy atom. The number of hydrogen-bond acceptors (Lipinski definition) is 8. The van der Waals surface area contributed by atoms with Gasteiger partial charge < -0.3 is 25.8 Å². The molecule has 3 aromatic carbocycles. The first kappa shape index (κ1) is 25.9. The number of anilines is 3. The van der Waals surface area contributed by atoms with Gasteiger partial charge in [-0.15, -0.1) is 0 Å². The molecule has 9 nitrogen and oxygen atoms in total. The largest absolute Gasteiger partial charge is 0.392 e. The van der Waals surface area contributed by atoms with Gasteiger partial charge in [0.15, 0.2) is 5.82 Å². The maximum Gasteiger partial charge on any atom is 0.255 e. The Bertz CT molecular complexity index is 1500. The van der Waals surface area contributed by atoms with Gasteiger partial charge in [-0.25, -0.2) is 4.98 Å². The summed E-state index contributed by atoms with van der Waals surface area (Å²) < 4.78 is 5.45. The zero-order chi connectivity index (χ0) is 27.5. The summed E-state index contributed by atoms with van der Waals surface area (Å²) in [6.07, 6.45) is 2.90. The van der Waals surface area contributed by atoms with Crippen LogP contribution in [0.2, 0.25) is 0 Å². The van der Waals surface area contributed by atoms with Crippen LogP contribution in [0.25, 0.3) is 11.4 Å². The van der Waals surface area contributed by atoms with E-state index in [0.717, 1.165) is 37.6 Å². The van der Waals surface area contributed by atoms with E-state index >= 15 is 0 Å².